The zero-order valence-electron chi connectivity index (χ0n) is 12.8. The van der Waals surface area contributed by atoms with Crippen LogP contribution in [0.5, 0.6) is 0 Å². The van der Waals surface area contributed by atoms with E-state index < -0.39 is 0 Å². The van der Waals surface area contributed by atoms with Crippen molar-refractivity contribution in [2.45, 2.75) is 0 Å². The van der Waals surface area contributed by atoms with Gasteiger partial charge in [-0.1, -0.05) is 46.9 Å². The molecule has 0 aliphatic carbocycles. The summed E-state index contributed by atoms with van der Waals surface area (Å²) in [4.78, 5) is 8.22. The SMILES string of the molecule is Br.Br.Nc1nc2ccccc2s1.Nc1nc2ccccc2s1.[Cl-].[Cl-].[Hg+2]. The standard InChI is InChI=1S/2C7H6N2S.2BrH.2ClH.Hg/c2*8-7-9-5-3-1-2-4-6(5)10-7;;;;;/h2*1-4H,(H2,8,9);4*1H;/q;;;;;;+2/p-2. The number of nitrogens with zero attached hydrogens (tertiary/aromatic N) is 2. The third-order valence-electron chi connectivity index (χ3n) is 2.62. The van der Waals surface area contributed by atoms with Crippen LogP contribution in [-0.2, 0) is 27.7 Å². The largest absolute Gasteiger partial charge is 2.00 e. The Morgan fingerprint density at radius 3 is 1.28 bits per heavy atom. The third kappa shape index (κ3) is 8.23. The number of fused-ring (bicyclic) bond motifs is 2. The fraction of sp³-hybridized carbons (Fsp3) is 0. The molecule has 4 rings (SSSR count). The van der Waals surface area contributed by atoms with Crippen molar-refractivity contribution in [2.75, 3.05) is 11.5 Å². The summed E-state index contributed by atoms with van der Waals surface area (Å²) in [7, 11) is 0. The van der Waals surface area contributed by atoms with Gasteiger partial charge in [-0.25, -0.2) is 9.97 Å². The van der Waals surface area contributed by atoms with Crippen LogP contribution in [0.1, 0.15) is 0 Å². The van der Waals surface area contributed by atoms with E-state index >= 15 is 0 Å². The quantitative estimate of drug-likeness (QED) is 0.226. The number of benzene rings is 2. The second-order valence-electron chi connectivity index (χ2n) is 4.04. The van der Waals surface area contributed by atoms with Crippen LogP contribution in [0.2, 0.25) is 0 Å². The van der Waals surface area contributed by atoms with Crippen LogP contribution in [0.3, 0.4) is 0 Å². The van der Waals surface area contributed by atoms with Crippen LogP contribution in [0.15, 0.2) is 48.5 Å². The van der Waals surface area contributed by atoms with Crippen LogP contribution < -0.4 is 36.3 Å². The number of nitrogens with two attached hydrogens (primary N) is 2. The second-order valence-corrected chi connectivity index (χ2v) is 6.16. The van der Waals surface area contributed by atoms with Crippen molar-refractivity contribution in [1.29, 1.82) is 0 Å². The average Bonchev–Trinajstić information content (AvgIpc) is 2.99. The van der Waals surface area contributed by atoms with Gasteiger partial charge in [0.1, 0.15) is 0 Å². The summed E-state index contributed by atoms with van der Waals surface area (Å²) in [5, 5.41) is 1.28. The molecule has 25 heavy (non-hydrogen) atoms. The first kappa shape index (κ1) is 30.0. The molecular weight excluding hydrogens is 720 g/mol. The monoisotopic (exact) mass is 732 g/mol. The number of anilines is 2. The van der Waals surface area contributed by atoms with Crippen LogP contribution in [0, 0.1) is 0 Å². The maximum absolute atomic E-state index is 5.50. The number of rotatable bonds is 0. The second kappa shape index (κ2) is 14.4. The first-order chi connectivity index (χ1) is 9.72. The average molecular weight is 734 g/mol. The molecule has 0 radical (unpaired) electrons. The fourth-order valence-electron chi connectivity index (χ4n) is 1.78. The van der Waals surface area contributed by atoms with Crippen LogP contribution in [-0.4, -0.2) is 9.97 Å². The fourth-order valence-corrected chi connectivity index (χ4v) is 3.25. The van der Waals surface area contributed by atoms with Crippen molar-refractivity contribution in [3.05, 3.63) is 48.5 Å². The zero-order valence-corrected chi connectivity index (χ0v) is 24.8. The molecule has 132 valence electrons. The van der Waals surface area contributed by atoms with Crippen LogP contribution in [0.4, 0.5) is 10.3 Å². The molecule has 0 saturated heterocycles. The van der Waals surface area contributed by atoms with Crippen molar-refractivity contribution >= 4 is 87.3 Å². The molecule has 0 spiro atoms. The Morgan fingerprint density at radius 1 is 0.640 bits per heavy atom. The smallest absolute Gasteiger partial charge is 1.00 e. The zero-order chi connectivity index (χ0) is 13.9. The van der Waals surface area contributed by atoms with Gasteiger partial charge in [0.15, 0.2) is 10.3 Å². The molecule has 2 heterocycles. The van der Waals surface area contributed by atoms with E-state index in [0.717, 1.165) is 20.4 Å². The van der Waals surface area contributed by atoms with Gasteiger partial charge in [0.05, 0.1) is 20.4 Å². The third-order valence-corrected chi connectivity index (χ3v) is 4.35. The summed E-state index contributed by atoms with van der Waals surface area (Å²) in [6, 6.07) is 15.8. The molecule has 4 nitrogen and oxygen atoms in total. The molecule has 0 atom stereocenters. The number of hydrogen-bond acceptors (Lipinski definition) is 6. The number of nitrogen functional groups attached to an aromatic ring is 2. The molecule has 4 N–H and O–H groups in total. The minimum Gasteiger partial charge on any atom is -1.00 e. The maximum atomic E-state index is 5.50. The first-order valence-electron chi connectivity index (χ1n) is 5.94. The summed E-state index contributed by atoms with van der Waals surface area (Å²) in [5.74, 6) is 0. The van der Waals surface area contributed by atoms with E-state index in [0.29, 0.717) is 10.3 Å². The Morgan fingerprint density at radius 2 is 0.960 bits per heavy atom. The normalized spacial score (nSPS) is 8.32. The summed E-state index contributed by atoms with van der Waals surface area (Å²) >= 11 is 3.04. The molecule has 4 aromatic rings. The predicted molar refractivity (Wildman–Crippen MR) is 109 cm³/mol. The summed E-state index contributed by atoms with van der Waals surface area (Å²) in [6.07, 6.45) is 0. The molecule has 0 saturated carbocycles. The molecule has 0 amide bonds. The van der Waals surface area contributed by atoms with Crippen LogP contribution in [0.25, 0.3) is 20.4 Å². The van der Waals surface area contributed by atoms with E-state index in [4.69, 9.17) is 11.5 Å². The Kier molecular flexibility index (Phi) is 17.3. The van der Waals surface area contributed by atoms with E-state index in [9.17, 15) is 0 Å². The van der Waals surface area contributed by atoms with Gasteiger partial charge in [-0.05, 0) is 24.3 Å². The topological polar surface area (TPSA) is 77.8 Å². The molecule has 11 heteroatoms. The maximum Gasteiger partial charge on any atom is 2.00 e. The summed E-state index contributed by atoms with van der Waals surface area (Å²) in [5.41, 5.74) is 13.0. The first-order valence-corrected chi connectivity index (χ1v) is 7.58. The van der Waals surface area contributed by atoms with Gasteiger partial charge < -0.3 is 36.3 Å². The molecule has 0 unspecified atom stereocenters. The van der Waals surface area contributed by atoms with Crippen molar-refractivity contribution < 1.29 is 52.5 Å². The van der Waals surface area contributed by atoms with E-state index in [-0.39, 0.29) is 86.4 Å². The van der Waals surface area contributed by atoms with Crippen molar-refractivity contribution in [3.8, 4) is 0 Å². The van der Waals surface area contributed by atoms with Gasteiger partial charge in [0.25, 0.3) is 0 Å². The van der Waals surface area contributed by atoms with Crippen molar-refractivity contribution in [3.63, 3.8) is 0 Å². The molecule has 0 fully saturated rings. The van der Waals surface area contributed by atoms with Gasteiger partial charge in [-0.2, -0.15) is 0 Å². The van der Waals surface area contributed by atoms with Gasteiger partial charge in [0.2, 0.25) is 0 Å². The summed E-state index contributed by atoms with van der Waals surface area (Å²) < 4.78 is 2.31. The molecule has 0 aliphatic rings. The Labute approximate surface area is 207 Å². The van der Waals surface area contributed by atoms with E-state index in [1.807, 2.05) is 48.5 Å². The number of hydrogen-bond donors (Lipinski definition) is 2. The van der Waals surface area contributed by atoms with Gasteiger partial charge in [0, 0.05) is 0 Å². The number of halogens is 4. The van der Waals surface area contributed by atoms with Crippen molar-refractivity contribution in [2.24, 2.45) is 0 Å². The number of thiazole rings is 2. The minimum atomic E-state index is 0. The van der Waals surface area contributed by atoms with Gasteiger partial charge in [-0.3, -0.25) is 0 Å². The van der Waals surface area contributed by atoms with Gasteiger partial charge in [-0.15, -0.1) is 34.0 Å². The van der Waals surface area contributed by atoms with Gasteiger partial charge >= 0.3 is 27.7 Å². The van der Waals surface area contributed by atoms with E-state index in [1.54, 1.807) is 0 Å². The molecule has 0 aliphatic heterocycles. The molecule has 0 bridgehead atoms. The Hall–Kier alpha value is 0.295. The van der Waals surface area contributed by atoms with Crippen molar-refractivity contribution in [1.82, 2.24) is 9.97 Å². The number of para-hydroxylation sites is 2. The predicted octanol–water partition coefficient (Wildman–Crippen LogP) is -1.08. The molecule has 2 aromatic carbocycles. The van der Waals surface area contributed by atoms with Crippen LogP contribution >= 0.6 is 56.6 Å². The number of aromatic nitrogens is 2. The molecular formula is C14H14Br2Cl2HgN4S2. The molecule has 2 aromatic heterocycles. The summed E-state index contributed by atoms with van der Waals surface area (Å²) in [6.45, 7) is 0. The Bertz CT molecular complexity index is 738. The Balaban J connectivity index is -0.000000323. The van der Waals surface area contributed by atoms with E-state index in [1.165, 1.54) is 22.7 Å². The van der Waals surface area contributed by atoms with E-state index in [2.05, 4.69) is 9.97 Å². The minimum absolute atomic E-state index is 0.